The number of benzene rings is 2. The zero-order valence-electron chi connectivity index (χ0n) is 9.68. The van der Waals surface area contributed by atoms with Crippen LogP contribution < -0.4 is 0 Å². The highest BCUT2D eigenvalue weighted by molar-refractivity contribution is 5.89. The molecule has 0 aliphatic heterocycles. The van der Waals surface area contributed by atoms with Gasteiger partial charge in [-0.2, -0.15) is 0 Å². The molecule has 1 fully saturated rings. The fourth-order valence-electron chi connectivity index (χ4n) is 2.71. The Hall–Kier alpha value is -1.83. The van der Waals surface area contributed by atoms with Crippen molar-refractivity contribution in [1.29, 1.82) is 0 Å². The van der Waals surface area contributed by atoms with Gasteiger partial charge in [0.25, 0.3) is 0 Å². The first-order chi connectivity index (χ1) is 8.14. The summed E-state index contributed by atoms with van der Waals surface area (Å²) < 4.78 is 0. The lowest BCUT2D eigenvalue weighted by molar-refractivity contribution is -0.140. The van der Waals surface area contributed by atoms with Gasteiger partial charge in [0.05, 0.1) is 5.41 Å². The van der Waals surface area contributed by atoms with E-state index in [0.29, 0.717) is 0 Å². The molecular formula is C15H14O2. The minimum absolute atomic E-state index is 0.237. The van der Waals surface area contributed by atoms with Crippen LogP contribution in [0.3, 0.4) is 0 Å². The molecule has 2 aromatic rings. The molecule has 2 nitrogen and oxygen atoms in total. The molecule has 0 heterocycles. The van der Waals surface area contributed by atoms with Gasteiger partial charge in [-0.3, -0.25) is 4.79 Å². The topological polar surface area (TPSA) is 37.3 Å². The van der Waals surface area contributed by atoms with E-state index in [1.165, 1.54) is 0 Å². The third kappa shape index (κ3) is 1.37. The second kappa shape index (κ2) is 3.33. The highest BCUT2D eigenvalue weighted by Gasteiger charge is 2.58. The quantitative estimate of drug-likeness (QED) is 0.853. The van der Waals surface area contributed by atoms with Gasteiger partial charge < -0.3 is 5.11 Å². The van der Waals surface area contributed by atoms with Crippen molar-refractivity contribution in [3.05, 3.63) is 48.0 Å². The molecule has 1 aliphatic rings. The molecule has 17 heavy (non-hydrogen) atoms. The van der Waals surface area contributed by atoms with E-state index in [9.17, 15) is 9.90 Å². The highest BCUT2D eigenvalue weighted by Crippen LogP contribution is 2.54. The molecule has 0 radical (unpaired) electrons. The van der Waals surface area contributed by atoms with Gasteiger partial charge >= 0.3 is 5.97 Å². The normalized spacial score (nSPS) is 27.0. The van der Waals surface area contributed by atoms with Gasteiger partial charge in [0.2, 0.25) is 0 Å². The summed E-state index contributed by atoms with van der Waals surface area (Å²) in [6.07, 6.45) is 0.751. The molecule has 2 heteroatoms. The van der Waals surface area contributed by atoms with E-state index in [2.05, 4.69) is 0 Å². The highest BCUT2D eigenvalue weighted by atomic mass is 16.4. The summed E-state index contributed by atoms with van der Waals surface area (Å²) in [6, 6.07) is 14.0. The number of carbonyl (C=O) groups is 1. The Morgan fingerprint density at radius 2 is 1.88 bits per heavy atom. The van der Waals surface area contributed by atoms with Gasteiger partial charge in [-0.25, -0.2) is 0 Å². The van der Waals surface area contributed by atoms with Crippen molar-refractivity contribution in [2.45, 2.75) is 18.8 Å². The number of carboxylic acid groups (broad SMARTS) is 1. The summed E-state index contributed by atoms with van der Waals surface area (Å²) >= 11 is 0. The van der Waals surface area contributed by atoms with Gasteiger partial charge in [0, 0.05) is 0 Å². The molecule has 1 saturated carbocycles. The van der Waals surface area contributed by atoms with Crippen molar-refractivity contribution in [2.75, 3.05) is 0 Å². The molecule has 2 unspecified atom stereocenters. The molecular weight excluding hydrogens is 212 g/mol. The molecule has 86 valence electrons. The zero-order valence-corrected chi connectivity index (χ0v) is 9.68. The first-order valence-electron chi connectivity index (χ1n) is 5.87. The Labute approximate surface area is 99.9 Å². The van der Waals surface area contributed by atoms with Gasteiger partial charge in [0.1, 0.15) is 0 Å². The van der Waals surface area contributed by atoms with E-state index in [4.69, 9.17) is 0 Å². The van der Waals surface area contributed by atoms with E-state index in [0.717, 1.165) is 22.8 Å². The van der Waals surface area contributed by atoms with Crippen molar-refractivity contribution in [1.82, 2.24) is 0 Å². The molecule has 1 aliphatic carbocycles. The number of carboxylic acids is 1. The fraction of sp³-hybridized carbons (Fsp3) is 0.267. The third-order valence-corrected chi connectivity index (χ3v) is 3.96. The molecule has 0 aromatic heterocycles. The van der Waals surface area contributed by atoms with Gasteiger partial charge in [-0.1, -0.05) is 43.3 Å². The minimum atomic E-state index is -0.694. The van der Waals surface area contributed by atoms with Crippen LogP contribution in [-0.4, -0.2) is 11.1 Å². The van der Waals surface area contributed by atoms with Crippen LogP contribution in [0.5, 0.6) is 0 Å². The van der Waals surface area contributed by atoms with E-state index in [1.807, 2.05) is 49.4 Å². The van der Waals surface area contributed by atoms with E-state index in [1.54, 1.807) is 0 Å². The maximum absolute atomic E-state index is 11.4. The first kappa shape index (κ1) is 10.3. The number of hydrogen-bond acceptors (Lipinski definition) is 1. The Bertz CT molecular complexity index is 603. The van der Waals surface area contributed by atoms with Crippen LogP contribution in [0.4, 0.5) is 0 Å². The number of rotatable bonds is 2. The van der Waals surface area contributed by atoms with Crippen LogP contribution in [0.15, 0.2) is 42.5 Å². The SMILES string of the molecule is CC1CC1(C(=O)O)c1ccc2ccccc2c1. The Kier molecular flexibility index (Phi) is 2.02. The van der Waals surface area contributed by atoms with Gasteiger partial charge in [-0.15, -0.1) is 0 Å². The van der Waals surface area contributed by atoms with Crippen molar-refractivity contribution < 1.29 is 9.90 Å². The second-order valence-electron chi connectivity index (χ2n) is 4.94. The molecule has 2 atom stereocenters. The minimum Gasteiger partial charge on any atom is -0.481 e. The maximum Gasteiger partial charge on any atom is 0.314 e. The summed E-state index contributed by atoms with van der Waals surface area (Å²) in [5.74, 6) is -0.457. The van der Waals surface area contributed by atoms with Crippen LogP contribution in [0, 0.1) is 5.92 Å². The monoisotopic (exact) mass is 226 g/mol. The average Bonchev–Trinajstić information content (AvgIpc) is 3.02. The van der Waals surface area contributed by atoms with Crippen molar-refractivity contribution in [2.24, 2.45) is 5.92 Å². The van der Waals surface area contributed by atoms with E-state index >= 15 is 0 Å². The van der Waals surface area contributed by atoms with Crippen LogP contribution in [0.1, 0.15) is 18.9 Å². The van der Waals surface area contributed by atoms with Crippen LogP contribution in [-0.2, 0) is 10.2 Å². The van der Waals surface area contributed by atoms with E-state index < -0.39 is 11.4 Å². The largest absolute Gasteiger partial charge is 0.481 e. The molecule has 0 amide bonds. The standard InChI is InChI=1S/C15H14O2/c1-10-9-15(10,14(16)17)13-7-6-11-4-2-3-5-12(11)8-13/h2-8,10H,9H2,1H3,(H,16,17). The smallest absolute Gasteiger partial charge is 0.314 e. The fourth-order valence-corrected chi connectivity index (χ4v) is 2.71. The lowest BCUT2D eigenvalue weighted by Gasteiger charge is -2.12. The molecule has 0 saturated heterocycles. The summed E-state index contributed by atoms with van der Waals surface area (Å²) in [5, 5.41) is 11.7. The predicted octanol–water partition coefficient (Wildman–Crippen LogP) is 3.20. The molecule has 1 N–H and O–H groups in total. The van der Waals surface area contributed by atoms with Crippen molar-refractivity contribution in [3.63, 3.8) is 0 Å². The van der Waals surface area contributed by atoms with Gasteiger partial charge in [0.15, 0.2) is 0 Å². The predicted molar refractivity (Wildman–Crippen MR) is 67.0 cm³/mol. The lowest BCUT2D eigenvalue weighted by Crippen LogP contribution is -2.21. The van der Waals surface area contributed by atoms with Crippen molar-refractivity contribution in [3.8, 4) is 0 Å². The summed E-state index contributed by atoms with van der Waals surface area (Å²) in [5.41, 5.74) is 0.306. The number of aliphatic carboxylic acids is 1. The molecule has 2 aromatic carbocycles. The van der Waals surface area contributed by atoms with E-state index in [-0.39, 0.29) is 5.92 Å². The van der Waals surface area contributed by atoms with Crippen molar-refractivity contribution >= 4 is 16.7 Å². The molecule has 0 bridgehead atoms. The summed E-state index contributed by atoms with van der Waals surface area (Å²) in [6.45, 7) is 2.00. The Morgan fingerprint density at radius 3 is 2.47 bits per heavy atom. The first-order valence-corrected chi connectivity index (χ1v) is 5.87. The number of fused-ring (bicyclic) bond motifs is 1. The Morgan fingerprint density at radius 1 is 1.24 bits per heavy atom. The van der Waals surface area contributed by atoms with Crippen LogP contribution in [0.25, 0.3) is 10.8 Å². The summed E-state index contributed by atoms with van der Waals surface area (Å²) in [7, 11) is 0. The lowest BCUT2D eigenvalue weighted by atomic mass is 9.92. The molecule has 0 spiro atoms. The maximum atomic E-state index is 11.4. The molecule has 3 rings (SSSR count). The van der Waals surface area contributed by atoms with Crippen LogP contribution >= 0.6 is 0 Å². The second-order valence-corrected chi connectivity index (χ2v) is 4.94. The van der Waals surface area contributed by atoms with Gasteiger partial charge in [-0.05, 0) is 34.7 Å². The average molecular weight is 226 g/mol. The van der Waals surface area contributed by atoms with Crippen LogP contribution in [0.2, 0.25) is 0 Å². The summed E-state index contributed by atoms with van der Waals surface area (Å²) in [4.78, 5) is 11.4. The third-order valence-electron chi connectivity index (χ3n) is 3.96. The number of hydrogen-bond donors (Lipinski definition) is 1. The zero-order chi connectivity index (χ0) is 12.0. The Balaban J connectivity index is 2.16.